The van der Waals surface area contributed by atoms with E-state index < -0.39 is 11.7 Å². The van der Waals surface area contributed by atoms with Crippen molar-refractivity contribution in [3.63, 3.8) is 0 Å². The molecule has 0 radical (unpaired) electrons. The largest absolute Gasteiger partial charge is 0.509 e. The fourth-order valence-corrected chi connectivity index (χ4v) is 3.98. The molecule has 0 spiro atoms. The van der Waals surface area contributed by atoms with E-state index in [1.807, 2.05) is 13.0 Å². The average molecular weight is 364 g/mol. The number of hydrogen-bond donors (Lipinski definition) is 4. The molecule has 0 aromatic rings. The van der Waals surface area contributed by atoms with Crippen molar-refractivity contribution in [3.05, 3.63) is 34.6 Å². The second kappa shape index (κ2) is 8.51. The Morgan fingerprint density at radius 2 is 2.15 bits per heavy atom. The van der Waals surface area contributed by atoms with Crippen molar-refractivity contribution in [2.75, 3.05) is 6.61 Å². The molecular weight excluding hydrogens is 332 g/mol. The van der Waals surface area contributed by atoms with Gasteiger partial charge in [0.25, 0.3) is 0 Å². The third kappa shape index (κ3) is 4.64. The SMILES string of the molecule is C/C(=C\CC[C@H](C)C1=CC[C@@](C)(O)[C@@H]1CC1=C(O)[C@@H](O)CCC1=O)CO. The van der Waals surface area contributed by atoms with E-state index in [0.29, 0.717) is 6.42 Å². The molecule has 0 heterocycles. The summed E-state index contributed by atoms with van der Waals surface area (Å²) in [5.41, 5.74) is 1.36. The predicted octanol–water partition coefficient (Wildman–Crippen LogP) is 2.96. The van der Waals surface area contributed by atoms with E-state index in [1.54, 1.807) is 6.92 Å². The van der Waals surface area contributed by atoms with Gasteiger partial charge in [-0.25, -0.2) is 0 Å². The lowest BCUT2D eigenvalue weighted by Gasteiger charge is -2.32. The summed E-state index contributed by atoms with van der Waals surface area (Å²) in [5, 5.41) is 39.9. The van der Waals surface area contributed by atoms with Gasteiger partial charge >= 0.3 is 0 Å². The van der Waals surface area contributed by atoms with E-state index in [9.17, 15) is 20.1 Å². The van der Waals surface area contributed by atoms with Gasteiger partial charge in [-0.3, -0.25) is 4.79 Å². The number of allylic oxidation sites excluding steroid dienone is 2. The topological polar surface area (TPSA) is 98.0 Å². The first-order valence-corrected chi connectivity index (χ1v) is 9.49. The number of aliphatic hydroxyl groups excluding tert-OH is 3. The Bertz CT molecular complexity index is 626. The summed E-state index contributed by atoms with van der Waals surface area (Å²) in [6, 6.07) is 0. The summed E-state index contributed by atoms with van der Waals surface area (Å²) >= 11 is 0. The molecule has 26 heavy (non-hydrogen) atoms. The summed E-state index contributed by atoms with van der Waals surface area (Å²) in [4.78, 5) is 12.2. The van der Waals surface area contributed by atoms with Crippen LogP contribution in [0.3, 0.4) is 0 Å². The van der Waals surface area contributed by atoms with Crippen molar-refractivity contribution in [2.24, 2.45) is 11.8 Å². The fourth-order valence-electron chi connectivity index (χ4n) is 3.98. The Morgan fingerprint density at radius 3 is 2.81 bits per heavy atom. The summed E-state index contributed by atoms with van der Waals surface area (Å²) in [6.45, 7) is 5.83. The van der Waals surface area contributed by atoms with Crippen LogP contribution in [0.25, 0.3) is 0 Å². The van der Waals surface area contributed by atoms with E-state index in [1.165, 1.54) is 0 Å². The van der Waals surface area contributed by atoms with Crippen LogP contribution < -0.4 is 0 Å². The Morgan fingerprint density at radius 1 is 1.46 bits per heavy atom. The van der Waals surface area contributed by atoms with Crippen LogP contribution in [0.5, 0.6) is 0 Å². The first-order chi connectivity index (χ1) is 12.2. The zero-order valence-electron chi connectivity index (χ0n) is 16.0. The molecule has 0 fully saturated rings. The molecule has 0 aliphatic heterocycles. The molecule has 5 nitrogen and oxygen atoms in total. The molecular formula is C21H32O5. The number of ketones is 1. The molecule has 0 bridgehead atoms. The lowest BCUT2D eigenvalue weighted by atomic mass is 9.76. The van der Waals surface area contributed by atoms with Crippen molar-refractivity contribution in [3.8, 4) is 0 Å². The minimum Gasteiger partial charge on any atom is -0.509 e. The molecule has 146 valence electrons. The molecule has 0 unspecified atom stereocenters. The van der Waals surface area contributed by atoms with Gasteiger partial charge in [-0.2, -0.15) is 0 Å². The lowest BCUT2D eigenvalue weighted by molar-refractivity contribution is -0.117. The van der Waals surface area contributed by atoms with Gasteiger partial charge in [-0.15, -0.1) is 0 Å². The van der Waals surface area contributed by atoms with Crippen molar-refractivity contribution >= 4 is 5.78 Å². The first-order valence-electron chi connectivity index (χ1n) is 9.49. The molecule has 2 rings (SSSR count). The van der Waals surface area contributed by atoms with Gasteiger partial charge in [0.1, 0.15) is 11.9 Å². The van der Waals surface area contributed by atoms with Crippen LogP contribution in [0, 0.1) is 11.8 Å². The maximum atomic E-state index is 12.2. The highest BCUT2D eigenvalue weighted by atomic mass is 16.3. The number of Topliss-reactive ketones (excluding diaryl/α,β-unsaturated/α-hetero) is 1. The molecule has 2 aliphatic carbocycles. The van der Waals surface area contributed by atoms with E-state index >= 15 is 0 Å². The summed E-state index contributed by atoms with van der Waals surface area (Å²) in [7, 11) is 0. The molecule has 0 saturated heterocycles. The lowest BCUT2D eigenvalue weighted by Crippen LogP contribution is -2.35. The molecule has 0 aromatic heterocycles. The van der Waals surface area contributed by atoms with Crippen molar-refractivity contribution in [1.29, 1.82) is 0 Å². The molecule has 4 atom stereocenters. The summed E-state index contributed by atoms with van der Waals surface area (Å²) < 4.78 is 0. The summed E-state index contributed by atoms with van der Waals surface area (Å²) in [6.07, 6.45) is 6.09. The fraction of sp³-hybridized carbons (Fsp3) is 0.667. The standard InChI is InChI=1S/C21H32O5/c1-13(12-22)5-4-6-14(2)15-9-10-21(3,26)17(15)11-16-18(23)7-8-19(24)20(16)25/h5,9,14,17,19,22,24-26H,4,6-8,10-12H2,1-3H3/b13-5+/t14-,17+,19-,21+/m0/s1. The zero-order valence-corrected chi connectivity index (χ0v) is 16.0. The van der Waals surface area contributed by atoms with Crippen LogP contribution in [-0.4, -0.2) is 44.5 Å². The Hall–Kier alpha value is -1.43. The number of hydrogen-bond acceptors (Lipinski definition) is 5. The number of carbonyl (C=O) groups excluding carboxylic acids is 1. The van der Waals surface area contributed by atoms with Crippen LogP contribution >= 0.6 is 0 Å². The van der Waals surface area contributed by atoms with Crippen LogP contribution in [0.2, 0.25) is 0 Å². The maximum absolute atomic E-state index is 12.2. The second-order valence-electron chi connectivity index (χ2n) is 8.05. The van der Waals surface area contributed by atoms with E-state index in [4.69, 9.17) is 5.11 Å². The van der Waals surface area contributed by atoms with E-state index in [0.717, 1.165) is 24.0 Å². The number of aliphatic hydroxyl groups is 4. The molecule has 4 N–H and O–H groups in total. The third-order valence-electron chi connectivity index (χ3n) is 5.83. The summed E-state index contributed by atoms with van der Waals surface area (Å²) in [5.74, 6) is -0.378. The van der Waals surface area contributed by atoms with Gasteiger partial charge in [-0.1, -0.05) is 30.2 Å². The van der Waals surface area contributed by atoms with Gasteiger partial charge in [-0.05, 0) is 51.9 Å². The van der Waals surface area contributed by atoms with Crippen LogP contribution in [0.15, 0.2) is 34.6 Å². The molecule has 0 amide bonds. The van der Waals surface area contributed by atoms with Gasteiger partial charge in [0.05, 0.1) is 12.2 Å². The van der Waals surface area contributed by atoms with Crippen LogP contribution in [0.1, 0.15) is 59.3 Å². The monoisotopic (exact) mass is 364 g/mol. The highest BCUT2D eigenvalue weighted by molar-refractivity contribution is 5.96. The number of carbonyl (C=O) groups is 1. The van der Waals surface area contributed by atoms with Crippen molar-refractivity contribution in [2.45, 2.75) is 71.0 Å². The quantitative estimate of drug-likeness (QED) is 0.521. The molecule has 0 aromatic carbocycles. The first kappa shape index (κ1) is 20.9. The Balaban J connectivity index is 2.15. The molecule has 5 heteroatoms. The third-order valence-corrected chi connectivity index (χ3v) is 5.83. The minimum atomic E-state index is -0.981. The minimum absolute atomic E-state index is 0.0618. The molecule has 0 saturated carbocycles. The van der Waals surface area contributed by atoms with Gasteiger partial charge < -0.3 is 20.4 Å². The second-order valence-corrected chi connectivity index (χ2v) is 8.05. The van der Waals surface area contributed by atoms with Gasteiger partial charge in [0, 0.05) is 17.9 Å². The predicted molar refractivity (Wildman–Crippen MR) is 101 cm³/mol. The highest BCUT2D eigenvalue weighted by Gasteiger charge is 2.42. The van der Waals surface area contributed by atoms with Gasteiger partial charge in [0.15, 0.2) is 5.78 Å². The highest BCUT2D eigenvalue weighted by Crippen LogP contribution is 2.44. The molecule has 2 aliphatic rings. The van der Waals surface area contributed by atoms with E-state index in [-0.39, 0.29) is 54.8 Å². The van der Waals surface area contributed by atoms with Crippen LogP contribution in [0.4, 0.5) is 0 Å². The van der Waals surface area contributed by atoms with E-state index in [2.05, 4.69) is 13.0 Å². The average Bonchev–Trinajstić information content (AvgIpc) is 2.89. The number of rotatable bonds is 7. The smallest absolute Gasteiger partial charge is 0.162 e. The normalized spacial score (nSPS) is 31.4. The zero-order chi connectivity index (χ0) is 19.5. The van der Waals surface area contributed by atoms with Gasteiger partial charge in [0.2, 0.25) is 0 Å². The Labute approximate surface area is 155 Å². The van der Waals surface area contributed by atoms with Crippen molar-refractivity contribution in [1.82, 2.24) is 0 Å². The van der Waals surface area contributed by atoms with Crippen molar-refractivity contribution < 1.29 is 25.2 Å². The van der Waals surface area contributed by atoms with Crippen LogP contribution in [-0.2, 0) is 4.79 Å². The Kier molecular flexibility index (Phi) is 6.83. The maximum Gasteiger partial charge on any atom is 0.162 e.